The van der Waals surface area contributed by atoms with Crippen LogP contribution in [0.2, 0.25) is 0 Å². The molecule has 2 fully saturated rings. The molecule has 0 radical (unpaired) electrons. The van der Waals surface area contributed by atoms with Gasteiger partial charge in [0.15, 0.2) is 9.84 Å². The monoisotopic (exact) mass is 327 g/mol. The molecule has 1 aliphatic heterocycles. The van der Waals surface area contributed by atoms with Crippen LogP contribution in [0.5, 0.6) is 0 Å². The molecule has 2 aliphatic carbocycles. The third kappa shape index (κ3) is 2.45. The summed E-state index contributed by atoms with van der Waals surface area (Å²) in [6.45, 7) is 2.24. The Kier molecular flexibility index (Phi) is 3.79. The van der Waals surface area contributed by atoms with Crippen molar-refractivity contribution in [2.45, 2.75) is 25.8 Å². The Morgan fingerprint density at radius 3 is 2.36 bits per heavy atom. The maximum atomic E-state index is 12.9. The van der Waals surface area contributed by atoms with Gasteiger partial charge in [-0.1, -0.05) is 12.2 Å². The SMILES string of the molecule is CCN(C(=O)C1C2C=CC(C2)C1C(=O)O)C1CCS(=O)(=O)C1. The number of amides is 1. The first-order valence-corrected chi connectivity index (χ1v) is 9.58. The van der Waals surface area contributed by atoms with Gasteiger partial charge in [-0.3, -0.25) is 9.59 Å². The highest BCUT2D eigenvalue weighted by Crippen LogP contribution is 2.49. The summed E-state index contributed by atoms with van der Waals surface area (Å²) in [7, 11) is -3.07. The van der Waals surface area contributed by atoms with Crippen LogP contribution in [-0.4, -0.2) is 54.4 Å². The van der Waals surface area contributed by atoms with Gasteiger partial charge in [0.25, 0.3) is 0 Å². The second-order valence-corrected chi connectivity index (χ2v) is 8.75. The number of allylic oxidation sites excluding steroid dienone is 2. The van der Waals surface area contributed by atoms with Crippen LogP contribution < -0.4 is 0 Å². The van der Waals surface area contributed by atoms with Crippen molar-refractivity contribution in [2.24, 2.45) is 23.7 Å². The van der Waals surface area contributed by atoms with Crippen molar-refractivity contribution in [3.63, 3.8) is 0 Å². The molecule has 0 aromatic carbocycles. The molecule has 0 aromatic rings. The molecule has 3 aliphatic rings. The number of carboxylic acids is 1. The van der Waals surface area contributed by atoms with Gasteiger partial charge in [0, 0.05) is 12.6 Å². The van der Waals surface area contributed by atoms with Crippen LogP contribution in [0.25, 0.3) is 0 Å². The molecule has 1 N–H and O–H groups in total. The predicted octanol–water partition coefficient (Wildman–Crippen LogP) is 0.545. The van der Waals surface area contributed by atoms with E-state index in [1.165, 1.54) is 0 Å². The fourth-order valence-electron chi connectivity index (χ4n) is 4.30. The van der Waals surface area contributed by atoms with Crippen LogP contribution in [0.3, 0.4) is 0 Å². The summed E-state index contributed by atoms with van der Waals surface area (Å²) >= 11 is 0. The summed E-state index contributed by atoms with van der Waals surface area (Å²) in [5.41, 5.74) is 0. The Balaban J connectivity index is 1.82. The highest BCUT2D eigenvalue weighted by atomic mass is 32.2. The van der Waals surface area contributed by atoms with E-state index >= 15 is 0 Å². The first-order valence-electron chi connectivity index (χ1n) is 7.76. The number of carboxylic acid groups (broad SMARTS) is 1. The molecule has 1 saturated carbocycles. The summed E-state index contributed by atoms with van der Waals surface area (Å²) in [4.78, 5) is 26.1. The predicted molar refractivity (Wildman–Crippen MR) is 79.8 cm³/mol. The zero-order valence-electron chi connectivity index (χ0n) is 12.5. The topological polar surface area (TPSA) is 91.8 Å². The van der Waals surface area contributed by atoms with Crippen molar-refractivity contribution in [1.29, 1.82) is 0 Å². The molecule has 1 amide bonds. The average Bonchev–Trinajstić information content (AvgIpc) is 3.12. The highest BCUT2D eigenvalue weighted by molar-refractivity contribution is 7.91. The Morgan fingerprint density at radius 1 is 1.23 bits per heavy atom. The molecule has 1 saturated heterocycles. The van der Waals surface area contributed by atoms with Crippen molar-refractivity contribution in [1.82, 2.24) is 4.90 Å². The molecule has 6 nitrogen and oxygen atoms in total. The normalized spacial score (nSPS) is 38.3. The highest BCUT2D eigenvalue weighted by Gasteiger charge is 2.53. The van der Waals surface area contributed by atoms with Gasteiger partial charge in [0.05, 0.1) is 23.3 Å². The summed E-state index contributed by atoms with van der Waals surface area (Å²) in [6.07, 6.45) is 5.03. The van der Waals surface area contributed by atoms with Crippen LogP contribution in [0, 0.1) is 23.7 Å². The third-order valence-corrected chi connectivity index (χ3v) is 7.05. The summed E-state index contributed by atoms with van der Waals surface area (Å²) in [6, 6.07) is -0.306. The molecule has 1 heterocycles. The maximum absolute atomic E-state index is 12.9. The van der Waals surface area contributed by atoms with Crippen LogP contribution >= 0.6 is 0 Å². The Hall–Kier alpha value is -1.37. The van der Waals surface area contributed by atoms with E-state index in [9.17, 15) is 23.1 Å². The minimum Gasteiger partial charge on any atom is -0.481 e. The molecule has 0 spiro atoms. The maximum Gasteiger partial charge on any atom is 0.307 e. The van der Waals surface area contributed by atoms with Gasteiger partial charge in [-0.05, 0) is 31.6 Å². The molecule has 22 heavy (non-hydrogen) atoms. The molecule has 5 unspecified atom stereocenters. The summed E-state index contributed by atoms with van der Waals surface area (Å²) in [5, 5.41) is 9.46. The molecular weight excluding hydrogens is 306 g/mol. The van der Waals surface area contributed by atoms with E-state index in [-0.39, 0.29) is 35.3 Å². The number of hydrogen-bond donors (Lipinski definition) is 1. The van der Waals surface area contributed by atoms with E-state index in [4.69, 9.17) is 0 Å². The van der Waals surface area contributed by atoms with E-state index in [1.54, 1.807) is 4.90 Å². The van der Waals surface area contributed by atoms with E-state index < -0.39 is 27.6 Å². The standard InChI is InChI=1S/C15H21NO5S/c1-2-16(11-5-6-22(20,21)8-11)14(17)12-9-3-4-10(7-9)13(12)15(18)19/h3-4,9-13H,2,5-8H2,1H3,(H,18,19). The molecule has 7 heteroatoms. The lowest BCUT2D eigenvalue weighted by Crippen LogP contribution is -2.48. The van der Waals surface area contributed by atoms with E-state index in [2.05, 4.69) is 0 Å². The van der Waals surface area contributed by atoms with Gasteiger partial charge in [0.2, 0.25) is 5.91 Å². The molecule has 2 bridgehead atoms. The molecule has 122 valence electrons. The fraction of sp³-hybridized carbons (Fsp3) is 0.733. The molecule has 0 aromatic heterocycles. The van der Waals surface area contributed by atoms with Crippen molar-refractivity contribution in [3.8, 4) is 0 Å². The Bertz CT molecular complexity index is 626. The average molecular weight is 327 g/mol. The first kappa shape index (κ1) is 15.5. The summed E-state index contributed by atoms with van der Waals surface area (Å²) in [5.74, 6) is -2.31. The van der Waals surface area contributed by atoms with Crippen molar-refractivity contribution in [3.05, 3.63) is 12.2 Å². The molecule has 3 rings (SSSR count). The number of nitrogens with zero attached hydrogens (tertiary/aromatic N) is 1. The van der Waals surface area contributed by atoms with Gasteiger partial charge >= 0.3 is 5.97 Å². The van der Waals surface area contributed by atoms with Crippen LogP contribution in [0.1, 0.15) is 19.8 Å². The second-order valence-electron chi connectivity index (χ2n) is 6.52. The summed E-state index contributed by atoms with van der Waals surface area (Å²) < 4.78 is 23.3. The minimum absolute atomic E-state index is 0.000965. The smallest absolute Gasteiger partial charge is 0.307 e. The lowest BCUT2D eigenvalue weighted by Gasteiger charge is -2.33. The molecule has 5 atom stereocenters. The van der Waals surface area contributed by atoms with Crippen molar-refractivity contribution in [2.75, 3.05) is 18.1 Å². The van der Waals surface area contributed by atoms with Crippen molar-refractivity contribution >= 4 is 21.7 Å². The van der Waals surface area contributed by atoms with Gasteiger partial charge in [-0.2, -0.15) is 0 Å². The fourth-order valence-corrected chi connectivity index (χ4v) is 6.03. The minimum atomic E-state index is -3.07. The first-order chi connectivity index (χ1) is 10.3. The van der Waals surface area contributed by atoms with Crippen LogP contribution in [-0.2, 0) is 19.4 Å². The van der Waals surface area contributed by atoms with Crippen molar-refractivity contribution < 1.29 is 23.1 Å². The van der Waals surface area contributed by atoms with Gasteiger partial charge in [0.1, 0.15) is 0 Å². The quantitative estimate of drug-likeness (QED) is 0.761. The van der Waals surface area contributed by atoms with Gasteiger partial charge in [-0.15, -0.1) is 0 Å². The van der Waals surface area contributed by atoms with Gasteiger partial charge < -0.3 is 10.0 Å². The number of aliphatic carboxylic acids is 1. The van der Waals surface area contributed by atoms with E-state index in [0.717, 1.165) is 0 Å². The number of carbonyl (C=O) groups excluding carboxylic acids is 1. The number of rotatable bonds is 4. The number of fused-ring (bicyclic) bond motifs is 2. The van der Waals surface area contributed by atoms with Gasteiger partial charge in [-0.25, -0.2) is 8.42 Å². The number of sulfone groups is 1. The Morgan fingerprint density at radius 2 is 1.86 bits per heavy atom. The third-order valence-electron chi connectivity index (χ3n) is 5.30. The largest absolute Gasteiger partial charge is 0.481 e. The van der Waals surface area contributed by atoms with E-state index in [1.807, 2.05) is 19.1 Å². The lowest BCUT2D eigenvalue weighted by molar-refractivity contribution is -0.151. The lowest BCUT2D eigenvalue weighted by atomic mass is 9.82. The zero-order chi connectivity index (χ0) is 16.1. The molecular formula is C15H21NO5S. The second kappa shape index (κ2) is 5.37. The number of carbonyl (C=O) groups is 2. The zero-order valence-corrected chi connectivity index (χ0v) is 13.3. The van der Waals surface area contributed by atoms with Crippen LogP contribution in [0.15, 0.2) is 12.2 Å². The number of hydrogen-bond acceptors (Lipinski definition) is 4. The van der Waals surface area contributed by atoms with E-state index in [0.29, 0.717) is 19.4 Å². The van der Waals surface area contributed by atoms with Crippen LogP contribution in [0.4, 0.5) is 0 Å². The Labute approximate surface area is 130 Å².